The summed E-state index contributed by atoms with van der Waals surface area (Å²) in [5, 5.41) is 8.57. The van der Waals surface area contributed by atoms with Gasteiger partial charge in [-0.25, -0.2) is 0 Å². The van der Waals surface area contributed by atoms with Gasteiger partial charge in [0, 0.05) is 6.42 Å². The van der Waals surface area contributed by atoms with Crippen LogP contribution in [0.25, 0.3) is 0 Å². The Hall–Kier alpha value is -0.530. The molecule has 0 aliphatic rings. The molecule has 0 rings (SSSR count). The quantitative estimate of drug-likeness (QED) is 0.662. The molecule has 78 valence electrons. The van der Waals surface area contributed by atoms with Gasteiger partial charge in [-0.05, 0) is 18.3 Å². The number of carboxylic acids is 1. The minimum atomic E-state index is -0.665. The van der Waals surface area contributed by atoms with Gasteiger partial charge in [-0.1, -0.05) is 40.0 Å². The molecule has 0 heterocycles. The van der Waals surface area contributed by atoms with Gasteiger partial charge in [0.15, 0.2) is 0 Å². The topological polar surface area (TPSA) is 37.3 Å². The minimum absolute atomic E-state index is 0.326. The molecule has 1 N–H and O–H groups in total. The monoisotopic (exact) mass is 186 g/mol. The van der Waals surface area contributed by atoms with Crippen LogP contribution in [0.4, 0.5) is 0 Å². The van der Waals surface area contributed by atoms with Crippen LogP contribution in [0.3, 0.4) is 0 Å². The van der Waals surface area contributed by atoms with Crippen molar-refractivity contribution in [3.8, 4) is 0 Å². The fraction of sp³-hybridized carbons (Fsp3) is 0.909. The molecule has 0 aromatic rings. The first-order valence-corrected chi connectivity index (χ1v) is 5.29. The van der Waals surface area contributed by atoms with Gasteiger partial charge in [0.2, 0.25) is 0 Å². The zero-order valence-electron chi connectivity index (χ0n) is 9.05. The molecule has 0 fully saturated rings. The molecular weight excluding hydrogens is 164 g/mol. The highest BCUT2D eigenvalue weighted by atomic mass is 16.4. The van der Waals surface area contributed by atoms with Gasteiger partial charge in [-0.3, -0.25) is 4.79 Å². The molecule has 0 bridgehead atoms. The summed E-state index contributed by atoms with van der Waals surface area (Å²) in [6.07, 6.45) is 4.78. The Morgan fingerprint density at radius 1 is 1.31 bits per heavy atom. The SMILES string of the molecule is CCCCC(CCC(=O)O)C(C)C. The Morgan fingerprint density at radius 3 is 2.31 bits per heavy atom. The van der Waals surface area contributed by atoms with E-state index in [1.165, 1.54) is 19.3 Å². The largest absolute Gasteiger partial charge is 0.481 e. The van der Waals surface area contributed by atoms with Crippen LogP contribution in [0.2, 0.25) is 0 Å². The standard InChI is InChI=1S/C11H22O2/c1-4-5-6-10(9(2)3)7-8-11(12)13/h9-10H,4-8H2,1-3H3,(H,12,13). The van der Waals surface area contributed by atoms with Crippen molar-refractivity contribution in [2.45, 2.75) is 52.9 Å². The normalized spacial score (nSPS) is 13.2. The molecule has 0 aliphatic heterocycles. The maximum Gasteiger partial charge on any atom is 0.303 e. The van der Waals surface area contributed by atoms with Crippen LogP contribution in [-0.4, -0.2) is 11.1 Å². The molecule has 13 heavy (non-hydrogen) atoms. The average Bonchev–Trinajstić information content (AvgIpc) is 2.03. The van der Waals surface area contributed by atoms with Gasteiger partial charge in [0.25, 0.3) is 0 Å². The Labute approximate surface area is 81.3 Å². The van der Waals surface area contributed by atoms with E-state index < -0.39 is 5.97 Å². The first-order valence-electron chi connectivity index (χ1n) is 5.29. The molecule has 0 aromatic heterocycles. The summed E-state index contributed by atoms with van der Waals surface area (Å²) >= 11 is 0. The molecule has 0 saturated heterocycles. The van der Waals surface area contributed by atoms with Crippen molar-refractivity contribution in [3.63, 3.8) is 0 Å². The summed E-state index contributed by atoms with van der Waals surface area (Å²) in [6.45, 7) is 6.54. The number of carboxylic acid groups (broad SMARTS) is 1. The van der Waals surface area contributed by atoms with E-state index in [1.807, 2.05) is 0 Å². The zero-order chi connectivity index (χ0) is 10.3. The van der Waals surface area contributed by atoms with E-state index in [2.05, 4.69) is 20.8 Å². The molecule has 0 aromatic carbocycles. The van der Waals surface area contributed by atoms with Gasteiger partial charge < -0.3 is 5.11 Å². The number of hydrogen-bond acceptors (Lipinski definition) is 1. The lowest BCUT2D eigenvalue weighted by molar-refractivity contribution is -0.137. The van der Waals surface area contributed by atoms with E-state index in [1.54, 1.807) is 0 Å². The van der Waals surface area contributed by atoms with E-state index in [4.69, 9.17) is 5.11 Å². The lowest BCUT2D eigenvalue weighted by Gasteiger charge is -2.19. The molecule has 2 nitrogen and oxygen atoms in total. The van der Waals surface area contributed by atoms with Crippen LogP contribution in [0.15, 0.2) is 0 Å². The van der Waals surface area contributed by atoms with Crippen LogP contribution in [-0.2, 0) is 4.79 Å². The van der Waals surface area contributed by atoms with Crippen LogP contribution in [0.5, 0.6) is 0 Å². The maximum absolute atomic E-state index is 10.4. The second-order valence-electron chi connectivity index (χ2n) is 4.08. The van der Waals surface area contributed by atoms with E-state index in [9.17, 15) is 4.79 Å². The third-order valence-corrected chi connectivity index (χ3v) is 2.60. The van der Waals surface area contributed by atoms with Gasteiger partial charge >= 0.3 is 5.97 Å². The Balaban J connectivity index is 3.73. The number of rotatable bonds is 7. The van der Waals surface area contributed by atoms with Crippen molar-refractivity contribution in [2.24, 2.45) is 11.8 Å². The van der Waals surface area contributed by atoms with Crippen LogP contribution >= 0.6 is 0 Å². The van der Waals surface area contributed by atoms with Crippen molar-refractivity contribution in [1.82, 2.24) is 0 Å². The van der Waals surface area contributed by atoms with Gasteiger partial charge in [-0.2, -0.15) is 0 Å². The summed E-state index contributed by atoms with van der Waals surface area (Å²) < 4.78 is 0. The molecule has 0 amide bonds. The first-order chi connectivity index (χ1) is 6.07. The second kappa shape index (κ2) is 6.93. The molecule has 2 heteroatoms. The summed E-state index contributed by atoms with van der Waals surface area (Å²) in [4.78, 5) is 10.4. The van der Waals surface area contributed by atoms with Gasteiger partial charge in [0.1, 0.15) is 0 Å². The first kappa shape index (κ1) is 12.5. The number of aliphatic carboxylic acids is 1. The number of unbranched alkanes of at least 4 members (excludes halogenated alkanes) is 1. The second-order valence-corrected chi connectivity index (χ2v) is 4.08. The van der Waals surface area contributed by atoms with E-state index >= 15 is 0 Å². The smallest absolute Gasteiger partial charge is 0.303 e. The Morgan fingerprint density at radius 2 is 1.92 bits per heavy atom. The zero-order valence-corrected chi connectivity index (χ0v) is 9.05. The van der Waals surface area contributed by atoms with E-state index in [0.717, 1.165) is 6.42 Å². The Bertz CT molecular complexity index is 141. The minimum Gasteiger partial charge on any atom is -0.481 e. The van der Waals surface area contributed by atoms with Crippen LogP contribution in [0, 0.1) is 11.8 Å². The van der Waals surface area contributed by atoms with E-state index in [-0.39, 0.29) is 0 Å². The lowest BCUT2D eigenvalue weighted by atomic mass is 9.87. The molecule has 1 unspecified atom stereocenters. The third kappa shape index (κ3) is 6.62. The van der Waals surface area contributed by atoms with Crippen molar-refractivity contribution in [2.75, 3.05) is 0 Å². The van der Waals surface area contributed by atoms with Crippen LogP contribution < -0.4 is 0 Å². The van der Waals surface area contributed by atoms with Crippen molar-refractivity contribution >= 4 is 5.97 Å². The number of hydrogen-bond donors (Lipinski definition) is 1. The summed E-state index contributed by atoms with van der Waals surface area (Å²) in [5.41, 5.74) is 0. The predicted molar refractivity (Wildman–Crippen MR) is 54.7 cm³/mol. The third-order valence-electron chi connectivity index (χ3n) is 2.60. The predicted octanol–water partition coefficient (Wildman–Crippen LogP) is 3.31. The molecule has 0 radical (unpaired) electrons. The summed E-state index contributed by atoms with van der Waals surface area (Å²) in [5.74, 6) is 0.545. The van der Waals surface area contributed by atoms with Crippen molar-refractivity contribution in [3.05, 3.63) is 0 Å². The van der Waals surface area contributed by atoms with Crippen molar-refractivity contribution in [1.29, 1.82) is 0 Å². The van der Waals surface area contributed by atoms with Gasteiger partial charge in [0.05, 0.1) is 0 Å². The Kier molecular flexibility index (Phi) is 6.65. The fourth-order valence-electron chi connectivity index (χ4n) is 1.59. The molecule has 0 spiro atoms. The highest BCUT2D eigenvalue weighted by Crippen LogP contribution is 2.23. The molecule has 1 atom stereocenters. The highest BCUT2D eigenvalue weighted by Gasteiger charge is 2.13. The molecule has 0 saturated carbocycles. The molecular formula is C11H22O2. The average molecular weight is 186 g/mol. The maximum atomic E-state index is 10.4. The summed E-state index contributed by atoms with van der Waals surface area (Å²) in [7, 11) is 0. The lowest BCUT2D eigenvalue weighted by Crippen LogP contribution is -2.11. The number of carbonyl (C=O) groups is 1. The fourth-order valence-corrected chi connectivity index (χ4v) is 1.59. The van der Waals surface area contributed by atoms with Crippen molar-refractivity contribution < 1.29 is 9.90 Å². The van der Waals surface area contributed by atoms with Gasteiger partial charge in [-0.15, -0.1) is 0 Å². The van der Waals surface area contributed by atoms with E-state index in [0.29, 0.717) is 18.3 Å². The summed E-state index contributed by atoms with van der Waals surface area (Å²) in [6, 6.07) is 0. The van der Waals surface area contributed by atoms with Crippen LogP contribution in [0.1, 0.15) is 52.9 Å². The highest BCUT2D eigenvalue weighted by molar-refractivity contribution is 5.66. The molecule has 0 aliphatic carbocycles.